The highest BCUT2D eigenvalue weighted by atomic mass is 16.3. The zero-order chi connectivity index (χ0) is 10.1. The van der Waals surface area contributed by atoms with Gasteiger partial charge in [-0.25, -0.2) is 0 Å². The van der Waals surface area contributed by atoms with Crippen molar-refractivity contribution in [2.75, 3.05) is 0 Å². The molecule has 0 aliphatic rings. The van der Waals surface area contributed by atoms with Gasteiger partial charge in [0.05, 0.1) is 0 Å². The predicted octanol–water partition coefficient (Wildman–Crippen LogP) is 2.93. The maximum atomic E-state index is 9.88. The van der Waals surface area contributed by atoms with Gasteiger partial charge in [-0.15, -0.1) is 0 Å². The molecule has 0 unspecified atom stereocenters. The maximum Gasteiger partial charge on any atom is 0.132 e. The van der Waals surface area contributed by atoms with Crippen molar-refractivity contribution >= 4 is 16.5 Å². The van der Waals surface area contributed by atoms with Gasteiger partial charge in [-0.3, -0.25) is 0 Å². The minimum atomic E-state index is 0.204. The molecule has 2 nitrogen and oxygen atoms in total. The van der Waals surface area contributed by atoms with E-state index in [9.17, 15) is 5.11 Å². The van der Waals surface area contributed by atoms with Crippen LogP contribution in [0.15, 0.2) is 36.4 Å². The first-order chi connectivity index (χ1) is 6.70. The number of fused-ring (bicyclic) bond motifs is 1. The molecule has 0 saturated heterocycles. The molecule has 0 fully saturated rings. The van der Waals surface area contributed by atoms with Crippen molar-refractivity contribution in [3.63, 3.8) is 0 Å². The smallest absolute Gasteiger partial charge is 0.132 e. The standard InChI is InChI=1S/C12H11NO/c1-8(13)10-7-6-9-4-2-3-5-11(9)12(10)14/h2-7,13-14H,1H3. The minimum Gasteiger partial charge on any atom is -0.507 e. The summed E-state index contributed by atoms with van der Waals surface area (Å²) >= 11 is 0. The van der Waals surface area contributed by atoms with Crippen molar-refractivity contribution < 1.29 is 5.11 Å². The van der Waals surface area contributed by atoms with Gasteiger partial charge in [-0.05, 0) is 18.4 Å². The fraction of sp³-hybridized carbons (Fsp3) is 0.0833. The quantitative estimate of drug-likeness (QED) is 0.659. The number of phenolic OH excluding ortho intramolecular Hbond substituents is 1. The average Bonchev–Trinajstić information content (AvgIpc) is 2.18. The topological polar surface area (TPSA) is 44.1 Å². The van der Waals surface area contributed by atoms with Crippen molar-refractivity contribution in [1.29, 1.82) is 5.41 Å². The lowest BCUT2D eigenvalue weighted by atomic mass is 10.0. The summed E-state index contributed by atoms with van der Waals surface area (Å²) < 4.78 is 0. The third-order valence-electron chi connectivity index (χ3n) is 2.30. The summed E-state index contributed by atoms with van der Waals surface area (Å²) in [6, 6.07) is 11.3. The molecule has 0 atom stereocenters. The van der Waals surface area contributed by atoms with Crippen LogP contribution in [0.25, 0.3) is 10.8 Å². The molecule has 0 spiro atoms. The Bertz CT molecular complexity index is 503. The van der Waals surface area contributed by atoms with Crippen LogP contribution in [0.1, 0.15) is 12.5 Å². The van der Waals surface area contributed by atoms with Gasteiger partial charge in [-0.1, -0.05) is 30.3 Å². The molecule has 0 bridgehead atoms. The number of benzene rings is 2. The Hall–Kier alpha value is -1.83. The summed E-state index contributed by atoms with van der Waals surface area (Å²) in [4.78, 5) is 0. The molecule has 0 radical (unpaired) electrons. The molecule has 2 aromatic rings. The second-order valence-corrected chi connectivity index (χ2v) is 3.31. The van der Waals surface area contributed by atoms with E-state index in [4.69, 9.17) is 5.41 Å². The summed E-state index contributed by atoms with van der Waals surface area (Å²) in [7, 11) is 0. The molecule has 70 valence electrons. The van der Waals surface area contributed by atoms with E-state index in [0.717, 1.165) is 10.8 Å². The van der Waals surface area contributed by atoms with Crippen LogP contribution in [0.3, 0.4) is 0 Å². The molecule has 2 heteroatoms. The van der Waals surface area contributed by atoms with Gasteiger partial charge in [0.15, 0.2) is 0 Å². The Morgan fingerprint density at radius 1 is 1.14 bits per heavy atom. The van der Waals surface area contributed by atoms with E-state index in [1.165, 1.54) is 0 Å². The third kappa shape index (κ3) is 1.25. The summed E-state index contributed by atoms with van der Waals surface area (Å²) in [5.41, 5.74) is 0.983. The van der Waals surface area contributed by atoms with Crippen LogP contribution in [0.5, 0.6) is 5.75 Å². The van der Waals surface area contributed by atoms with Crippen molar-refractivity contribution in [3.8, 4) is 5.75 Å². The van der Waals surface area contributed by atoms with Crippen LogP contribution in [0.2, 0.25) is 0 Å². The average molecular weight is 185 g/mol. The van der Waals surface area contributed by atoms with E-state index in [2.05, 4.69) is 0 Å². The summed E-state index contributed by atoms with van der Waals surface area (Å²) in [5, 5.41) is 19.2. The van der Waals surface area contributed by atoms with E-state index < -0.39 is 0 Å². The van der Waals surface area contributed by atoms with Crippen molar-refractivity contribution in [2.45, 2.75) is 6.92 Å². The molecule has 0 amide bonds. The van der Waals surface area contributed by atoms with Gasteiger partial charge in [-0.2, -0.15) is 0 Å². The summed E-state index contributed by atoms with van der Waals surface area (Å²) in [6.45, 7) is 1.67. The molecule has 2 rings (SSSR count). The van der Waals surface area contributed by atoms with E-state index in [1.807, 2.05) is 30.3 Å². The summed E-state index contributed by atoms with van der Waals surface area (Å²) in [6.07, 6.45) is 0. The fourth-order valence-corrected chi connectivity index (χ4v) is 1.56. The van der Waals surface area contributed by atoms with Gasteiger partial charge in [0.1, 0.15) is 5.75 Å². The van der Waals surface area contributed by atoms with E-state index >= 15 is 0 Å². The predicted molar refractivity (Wildman–Crippen MR) is 58.1 cm³/mol. The molecule has 0 aromatic heterocycles. The van der Waals surface area contributed by atoms with E-state index in [1.54, 1.807) is 13.0 Å². The molecule has 0 heterocycles. The van der Waals surface area contributed by atoms with Crippen LogP contribution in [0.4, 0.5) is 0 Å². The molecular formula is C12H11NO. The van der Waals surface area contributed by atoms with Crippen LogP contribution < -0.4 is 0 Å². The van der Waals surface area contributed by atoms with Crippen LogP contribution in [-0.2, 0) is 0 Å². The molecule has 0 aliphatic heterocycles. The second kappa shape index (κ2) is 3.14. The van der Waals surface area contributed by atoms with Crippen molar-refractivity contribution in [3.05, 3.63) is 42.0 Å². The largest absolute Gasteiger partial charge is 0.507 e. The number of phenols is 1. The highest BCUT2D eigenvalue weighted by Crippen LogP contribution is 2.28. The van der Waals surface area contributed by atoms with E-state index in [-0.39, 0.29) is 5.75 Å². The number of rotatable bonds is 1. The first kappa shape index (κ1) is 8.75. The van der Waals surface area contributed by atoms with Crippen LogP contribution in [-0.4, -0.2) is 10.8 Å². The highest BCUT2D eigenvalue weighted by molar-refractivity contribution is 6.04. The Morgan fingerprint density at radius 2 is 1.86 bits per heavy atom. The SMILES string of the molecule is CC(=N)c1ccc2ccccc2c1O. The lowest BCUT2D eigenvalue weighted by molar-refractivity contribution is 0.480. The summed E-state index contributed by atoms with van der Waals surface area (Å²) in [5.74, 6) is 0.204. The number of hydrogen-bond acceptors (Lipinski definition) is 2. The van der Waals surface area contributed by atoms with Gasteiger partial charge < -0.3 is 10.5 Å². The van der Waals surface area contributed by atoms with Gasteiger partial charge in [0.2, 0.25) is 0 Å². The van der Waals surface area contributed by atoms with Crippen LogP contribution in [0, 0.1) is 5.41 Å². The number of nitrogens with one attached hydrogen (secondary N) is 1. The van der Waals surface area contributed by atoms with Crippen LogP contribution >= 0.6 is 0 Å². The normalized spacial score (nSPS) is 10.4. The molecule has 2 aromatic carbocycles. The Kier molecular flexibility index (Phi) is 1.97. The molecule has 0 aliphatic carbocycles. The van der Waals surface area contributed by atoms with Crippen molar-refractivity contribution in [2.24, 2.45) is 0 Å². The zero-order valence-electron chi connectivity index (χ0n) is 7.91. The second-order valence-electron chi connectivity index (χ2n) is 3.31. The number of hydrogen-bond donors (Lipinski definition) is 2. The molecular weight excluding hydrogens is 174 g/mol. The fourth-order valence-electron chi connectivity index (χ4n) is 1.56. The Labute approximate surface area is 82.3 Å². The minimum absolute atomic E-state index is 0.204. The number of aromatic hydroxyl groups is 1. The van der Waals surface area contributed by atoms with Gasteiger partial charge >= 0.3 is 0 Å². The maximum absolute atomic E-state index is 9.88. The lowest BCUT2D eigenvalue weighted by Crippen LogP contribution is -1.92. The third-order valence-corrected chi connectivity index (χ3v) is 2.30. The molecule has 14 heavy (non-hydrogen) atoms. The first-order valence-corrected chi connectivity index (χ1v) is 4.46. The Balaban J connectivity index is 2.81. The molecule has 0 saturated carbocycles. The van der Waals surface area contributed by atoms with Gasteiger partial charge in [0, 0.05) is 16.7 Å². The van der Waals surface area contributed by atoms with Crippen molar-refractivity contribution in [1.82, 2.24) is 0 Å². The van der Waals surface area contributed by atoms with Gasteiger partial charge in [0.25, 0.3) is 0 Å². The highest BCUT2D eigenvalue weighted by Gasteiger charge is 2.06. The Morgan fingerprint density at radius 3 is 2.57 bits per heavy atom. The molecule has 2 N–H and O–H groups in total. The lowest BCUT2D eigenvalue weighted by Gasteiger charge is -2.05. The first-order valence-electron chi connectivity index (χ1n) is 4.46. The van der Waals surface area contributed by atoms with E-state index in [0.29, 0.717) is 11.3 Å². The monoisotopic (exact) mass is 185 g/mol. The zero-order valence-corrected chi connectivity index (χ0v) is 7.91.